The zero-order chi connectivity index (χ0) is 48.5. The molecule has 70 heavy (non-hydrogen) atoms. The van der Waals surface area contributed by atoms with Crippen LogP contribution in [0.1, 0.15) is 101 Å². The van der Waals surface area contributed by atoms with Crippen LogP contribution < -0.4 is 20.4 Å². The maximum absolute atomic E-state index is 11.5. The zero-order valence-corrected chi connectivity index (χ0v) is 40.7. The lowest BCUT2D eigenvalue weighted by Crippen LogP contribution is -2.34. The maximum atomic E-state index is 11.5. The van der Waals surface area contributed by atoms with Crippen molar-refractivity contribution in [1.29, 1.82) is 0 Å². The first-order valence-electron chi connectivity index (χ1n) is 25.0. The van der Waals surface area contributed by atoms with Gasteiger partial charge in [-0.3, -0.25) is 0 Å². The van der Waals surface area contributed by atoms with Gasteiger partial charge < -0.3 is 59.8 Å². The molecule has 10 atom stereocenters. The Morgan fingerprint density at radius 1 is 0.557 bits per heavy atom. The van der Waals surface area contributed by atoms with Crippen LogP contribution in [0, 0.1) is 0 Å². The van der Waals surface area contributed by atoms with Crippen molar-refractivity contribution >= 4 is 45.9 Å². The molecule has 0 spiro atoms. The largest absolute Gasteiger partial charge is 0.388 e. The standard InChI is InChI=1S/C44H66N22O4/c1-7-31-53-57-65(55-31)29-17-27(35(67)37(29)69)63-21-45-33-39(49-43(51-41(33)63)61-15-13-25(19-61)59(3)4)47-23-9-11-24(12-10-23)48-40-34-42(52-44(50-40)62-16-14-26(20-62)60(5)6)64(22-46-34)28-18-30(38(70)36(28)68)66-56-32(8-2)54-58-66/h21-30,35-38,67-70H,7-20H2,1-6H3,(H,47,49,51)(H,48,50,52)/t23?,24?,25-,26-,27-,28-,29+,30+,35+,36+,37-,38-/m1/s1. The van der Waals surface area contributed by atoms with Gasteiger partial charge in [-0.1, -0.05) is 13.8 Å². The van der Waals surface area contributed by atoms with Crippen molar-refractivity contribution in [3.8, 4) is 0 Å². The minimum Gasteiger partial charge on any atom is -0.388 e. The molecule has 0 unspecified atom stereocenters. The Morgan fingerprint density at radius 2 is 0.957 bits per heavy atom. The molecule has 2 saturated heterocycles. The van der Waals surface area contributed by atoms with Gasteiger partial charge in [0.15, 0.2) is 45.6 Å². The number of nitrogens with one attached hydrogen (secondary N) is 2. The van der Waals surface area contributed by atoms with Crippen molar-refractivity contribution in [1.82, 2.24) is 89.3 Å². The van der Waals surface area contributed by atoms with E-state index in [0.29, 0.717) is 95.3 Å². The van der Waals surface area contributed by atoms with E-state index >= 15 is 0 Å². The summed E-state index contributed by atoms with van der Waals surface area (Å²) in [6, 6.07) is -1.32. The Labute approximate surface area is 404 Å². The van der Waals surface area contributed by atoms with Gasteiger partial charge in [-0.2, -0.15) is 29.5 Å². The number of aliphatic hydroxyl groups is 4. The second-order valence-corrected chi connectivity index (χ2v) is 20.4. The van der Waals surface area contributed by atoms with Crippen molar-refractivity contribution in [2.45, 2.75) is 151 Å². The fourth-order valence-corrected chi connectivity index (χ4v) is 11.3. The fraction of sp³-hybridized carbons (Fsp3) is 0.727. The number of hydrogen-bond acceptors (Lipinski definition) is 22. The molecular weight excluding hydrogens is 901 g/mol. The van der Waals surface area contributed by atoms with Gasteiger partial charge in [0.2, 0.25) is 11.9 Å². The predicted molar refractivity (Wildman–Crippen MR) is 256 cm³/mol. The van der Waals surface area contributed by atoms with Gasteiger partial charge >= 0.3 is 0 Å². The molecule has 8 heterocycles. The lowest BCUT2D eigenvalue weighted by atomic mass is 9.91. The molecule has 0 radical (unpaired) electrons. The number of tetrazole rings is 2. The van der Waals surface area contributed by atoms with Crippen LogP contribution in [0.5, 0.6) is 0 Å². The predicted octanol–water partition coefficient (Wildman–Crippen LogP) is -0.00460. The SMILES string of the molecule is CCc1nnn([C@H]2C[C@@H](n3cnc4c(NC5CCC(Nc6nc(N7CC[C@@H](N(C)C)C7)nc7c6ncn7[C@@H]6C[C@H](n7nnc(CC)n7)[C@@H](O)[C@H]6O)CC5)nc(N5CC[C@@H](N(C)C)C5)nc43)[C@H](O)[C@@H]2O)n1. The summed E-state index contributed by atoms with van der Waals surface area (Å²) < 4.78 is 3.75. The van der Waals surface area contributed by atoms with Crippen molar-refractivity contribution in [3.05, 3.63) is 24.3 Å². The van der Waals surface area contributed by atoms with Crippen LogP contribution in [-0.2, 0) is 12.8 Å². The third kappa shape index (κ3) is 8.43. The number of anilines is 4. The highest BCUT2D eigenvalue weighted by atomic mass is 16.3. The highest BCUT2D eigenvalue weighted by Gasteiger charge is 2.47. The molecule has 0 bridgehead atoms. The molecular formula is C44H66N22O4. The van der Waals surface area contributed by atoms with Gasteiger partial charge in [0, 0.05) is 63.2 Å². The molecule has 11 rings (SSSR count). The van der Waals surface area contributed by atoms with E-state index in [1.807, 2.05) is 23.0 Å². The molecule has 5 aliphatic rings. The Morgan fingerprint density at radius 3 is 1.31 bits per heavy atom. The number of imidazole rings is 2. The Bertz CT molecular complexity index is 2600. The average Bonchev–Trinajstić information content (AvgIpc) is 4.22. The number of aliphatic hydroxyl groups excluding tert-OH is 4. The van der Waals surface area contributed by atoms with E-state index in [1.165, 1.54) is 9.59 Å². The Kier molecular flexibility index (Phi) is 12.5. The molecule has 0 amide bonds. The molecule has 0 aromatic carbocycles. The summed E-state index contributed by atoms with van der Waals surface area (Å²) in [7, 11) is 8.38. The van der Waals surface area contributed by atoms with Crippen LogP contribution in [0.15, 0.2) is 12.7 Å². The summed E-state index contributed by atoms with van der Waals surface area (Å²) in [4.78, 5) is 42.0. The molecule has 3 saturated carbocycles. The fourth-order valence-electron chi connectivity index (χ4n) is 11.3. The summed E-state index contributed by atoms with van der Waals surface area (Å²) in [6.07, 6.45) is 6.20. The van der Waals surface area contributed by atoms with Crippen LogP contribution >= 0.6 is 0 Å². The van der Waals surface area contributed by atoms with E-state index in [0.717, 1.165) is 64.7 Å². The molecule has 5 fully saturated rings. The molecule has 26 heteroatoms. The molecule has 3 aliphatic carbocycles. The second-order valence-electron chi connectivity index (χ2n) is 20.4. The quantitative estimate of drug-likeness (QED) is 0.0837. The summed E-state index contributed by atoms with van der Waals surface area (Å²) in [6.45, 7) is 7.06. The summed E-state index contributed by atoms with van der Waals surface area (Å²) >= 11 is 0. The van der Waals surface area contributed by atoms with Crippen LogP contribution in [0.3, 0.4) is 0 Å². The van der Waals surface area contributed by atoms with Gasteiger partial charge in [-0.05, 0) is 90.0 Å². The Hall–Kier alpha value is -5.80. The number of nitrogens with zero attached hydrogens (tertiary/aromatic N) is 20. The molecule has 6 aromatic heterocycles. The first-order chi connectivity index (χ1) is 33.8. The van der Waals surface area contributed by atoms with E-state index < -0.39 is 48.6 Å². The summed E-state index contributed by atoms with van der Waals surface area (Å²) in [5.41, 5.74) is 2.37. The van der Waals surface area contributed by atoms with Crippen LogP contribution in [0.4, 0.5) is 23.5 Å². The monoisotopic (exact) mass is 967 g/mol. The highest BCUT2D eigenvalue weighted by Crippen LogP contribution is 2.42. The summed E-state index contributed by atoms with van der Waals surface area (Å²) in [5, 5.41) is 78.6. The number of likely N-dealkylation sites (N-methyl/N-ethyl adjacent to an activating group) is 2. The van der Waals surface area contributed by atoms with Gasteiger partial charge in [-0.25, -0.2) is 9.97 Å². The van der Waals surface area contributed by atoms with Crippen molar-refractivity contribution < 1.29 is 20.4 Å². The van der Waals surface area contributed by atoms with Gasteiger partial charge in [0.05, 0.1) is 24.7 Å². The van der Waals surface area contributed by atoms with Crippen molar-refractivity contribution in [2.24, 2.45) is 0 Å². The van der Waals surface area contributed by atoms with Crippen molar-refractivity contribution in [2.75, 3.05) is 74.8 Å². The molecule has 376 valence electrons. The van der Waals surface area contributed by atoms with E-state index in [2.05, 4.69) is 89.2 Å². The maximum Gasteiger partial charge on any atom is 0.229 e. The Balaban J connectivity index is 0.843. The van der Waals surface area contributed by atoms with Crippen molar-refractivity contribution in [3.63, 3.8) is 0 Å². The number of fused-ring (bicyclic) bond motifs is 2. The molecule has 6 aromatic rings. The minimum absolute atomic E-state index is 0.0838. The number of aromatic nitrogens is 16. The van der Waals surface area contributed by atoms with Crippen LogP contribution in [0.25, 0.3) is 22.3 Å². The number of aryl methyl sites for hydroxylation is 2. The zero-order valence-electron chi connectivity index (χ0n) is 40.7. The second kappa shape index (κ2) is 18.7. The number of rotatable bonds is 14. The van der Waals surface area contributed by atoms with Gasteiger partial charge in [-0.15, -0.1) is 20.4 Å². The summed E-state index contributed by atoms with van der Waals surface area (Å²) in [5.74, 6) is 3.62. The smallest absolute Gasteiger partial charge is 0.229 e. The third-order valence-electron chi connectivity index (χ3n) is 15.7. The lowest BCUT2D eigenvalue weighted by Gasteiger charge is -2.31. The minimum atomic E-state index is -1.11. The third-order valence-corrected chi connectivity index (χ3v) is 15.7. The first-order valence-corrected chi connectivity index (χ1v) is 25.0. The van der Waals surface area contributed by atoms with Gasteiger partial charge in [0.1, 0.15) is 36.5 Å². The van der Waals surface area contributed by atoms with E-state index in [4.69, 9.17) is 29.9 Å². The normalized spacial score (nSPS) is 30.6. The topological polar surface area (TPSA) is 292 Å². The van der Waals surface area contributed by atoms with E-state index in [-0.39, 0.29) is 12.1 Å². The molecule has 6 N–H and O–H groups in total. The first kappa shape index (κ1) is 46.6. The lowest BCUT2D eigenvalue weighted by molar-refractivity contribution is 0.00473. The van der Waals surface area contributed by atoms with E-state index in [1.54, 1.807) is 12.7 Å². The van der Waals surface area contributed by atoms with Gasteiger partial charge in [0.25, 0.3) is 0 Å². The number of hydrogen-bond donors (Lipinski definition) is 6. The molecule has 26 nitrogen and oxygen atoms in total. The van der Waals surface area contributed by atoms with Crippen LogP contribution in [0.2, 0.25) is 0 Å². The average molecular weight is 967 g/mol. The molecule has 2 aliphatic heterocycles. The van der Waals surface area contributed by atoms with Crippen LogP contribution in [-0.4, -0.2) is 213 Å². The highest BCUT2D eigenvalue weighted by molar-refractivity contribution is 5.86. The van der Waals surface area contributed by atoms with E-state index in [9.17, 15) is 20.4 Å².